The molecule has 0 bridgehead atoms. The fourth-order valence-corrected chi connectivity index (χ4v) is 4.36. The third kappa shape index (κ3) is 5.31. The summed E-state index contributed by atoms with van der Waals surface area (Å²) in [7, 11) is 0. The van der Waals surface area contributed by atoms with Crippen LogP contribution in [0.1, 0.15) is 38.2 Å². The molecule has 0 unspecified atom stereocenters. The molecule has 28 heavy (non-hydrogen) atoms. The number of aromatic nitrogens is 1. The van der Waals surface area contributed by atoms with Gasteiger partial charge in [-0.1, -0.05) is 12.1 Å². The molecule has 1 aromatic carbocycles. The van der Waals surface area contributed by atoms with E-state index in [9.17, 15) is 4.79 Å². The zero-order valence-corrected chi connectivity index (χ0v) is 17.0. The number of piperidine rings is 1. The fraction of sp³-hybridized carbons (Fsp3) is 0.476. The number of esters is 1. The van der Waals surface area contributed by atoms with Crippen LogP contribution in [0.25, 0.3) is 11.3 Å². The molecule has 0 spiro atoms. The first-order chi connectivity index (χ1) is 13.7. The monoisotopic (exact) mass is 398 g/mol. The van der Waals surface area contributed by atoms with Crippen LogP contribution in [0, 0.1) is 11.3 Å². The summed E-state index contributed by atoms with van der Waals surface area (Å²) in [6.45, 7) is 5.07. The van der Waals surface area contributed by atoms with Gasteiger partial charge in [0.05, 0.1) is 23.9 Å². The minimum Gasteiger partial charge on any atom is -0.466 e. The molecule has 1 aliphatic rings. The molecule has 1 N–H and O–H groups in total. The molecular formula is C21H26N4O2S. The fourth-order valence-electron chi connectivity index (χ4n) is 3.42. The van der Waals surface area contributed by atoms with Crippen molar-refractivity contribution in [3.05, 3.63) is 35.2 Å². The van der Waals surface area contributed by atoms with Crippen LogP contribution in [0.2, 0.25) is 0 Å². The van der Waals surface area contributed by atoms with Crippen molar-refractivity contribution in [2.75, 3.05) is 31.1 Å². The lowest BCUT2D eigenvalue weighted by atomic mass is 10.0. The molecule has 0 aliphatic carbocycles. The summed E-state index contributed by atoms with van der Waals surface area (Å²) in [6.07, 6.45) is 3.34. The number of nitriles is 1. The Morgan fingerprint density at radius 1 is 1.36 bits per heavy atom. The molecule has 6 nitrogen and oxygen atoms in total. The molecule has 1 fully saturated rings. The molecular weight excluding hydrogens is 372 g/mol. The van der Waals surface area contributed by atoms with Crippen LogP contribution in [0.3, 0.4) is 0 Å². The number of thiazole rings is 1. The van der Waals surface area contributed by atoms with Gasteiger partial charge in [-0.25, -0.2) is 4.98 Å². The Balaban J connectivity index is 1.72. The zero-order valence-electron chi connectivity index (χ0n) is 16.2. The van der Waals surface area contributed by atoms with Crippen molar-refractivity contribution in [1.82, 2.24) is 10.3 Å². The molecule has 148 valence electrons. The highest BCUT2D eigenvalue weighted by molar-refractivity contribution is 7.14. The van der Waals surface area contributed by atoms with Crippen LogP contribution >= 0.6 is 11.3 Å². The van der Waals surface area contributed by atoms with Crippen LogP contribution in [-0.2, 0) is 9.53 Å². The number of ether oxygens (including phenoxy) is 1. The molecule has 1 aromatic heterocycles. The Labute approximate surface area is 170 Å². The summed E-state index contributed by atoms with van der Waals surface area (Å²) < 4.78 is 5.05. The SMILES string of the molecule is CCOC(=O)CCCN(c1nc(-c2ccc(C#N)cc2)cs1)C1CCNCC1. The average molecular weight is 399 g/mol. The lowest BCUT2D eigenvalue weighted by molar-refractivity contribution is -0.143. The zero-order chi connectivity index (χ0) is 19.8. The van der Waals surface area contributed by atoms with Crippen molar-refractivity contribution in [3.8, 4) is 17.3 Å². The maximum absolute atomic E-state index is 11.7. The predicted octanol–water partition coefficient (Wildman–Crippen LogP) is 3.58. The van der Waals surface area contributed by atoms with Crippen LogP contribution in [0.4, 0.5) is 5.13 Å². The number of hydrogen-bond acceptors (Lipinski definition) is 7. The first-order valence-corrected chi connectivity index (χ1v) is 10.7. The highest BCUT2D eigenvalue weighted by Crippen LogP contribution is 2.30. The van der Waals surface area contributed by atoms with E-state index in [2.05, 4.69) is 21.7 Å². The van der Waals surface area contributed by atoms with Gasteiger partial charge in [-0.15, -0.1) is 11.3 Å². The van der Waals surface area contributed by atoms with E-state index in [0.29, 0.717) is 24.6 Å². The van der Waals surface area contributed by atoms with Gasteiger partial charge in [0.2, 0.25) is 0 Å². The normalized spacial score (nSPS) is 14.4. The standard InChI is InChI=1S/C21H26N4O2S/c1-2-27-20(26)4-3-13-25(18-9-11-23-12-10-18)21-24-19(15-28-21)17-7-5-16(14-22)6-8-17/h5-8,15,18,23H,2-4,9-13H2,1H3. The number of nitrogens with one attached hydrogen (secondary N) is 1. The van der Waals surface area contributed by atoms with E-state index < -0.39 is 0 Å². The highest BCUT2D eigenvalue weighted by atomic mass is 32.1. The lowest BCUT2D eigenvalue weighted by Crippen LogP contribution is -2.43. The van der Waals surface area contributed by atoms with Gasteiger partial charge in [0, 0.05) is 30.0 Å². The number of rotatable bonds is 8. The van der Waals surface area contributed by atoms with Gasteiger partial charge >= 0.3 is 5.97 Å². The molecule has 2 aromatic rings. The molecule has 1 aliphatic heterocycles. The average Bonchev–Trinajstić information content (AvgIpc) is 3.22. The second-order valence-corrected chi connectivity index (χ2v) is 7.62. The quantitative estimate of drug-likeness (QED) is 0.685. The van der Waals surface area contributed by atoms with Crippen LogP contribution in [-0.4, -0.2) is 43.2 Å². The maximum atomic E-state index is 11.7. The minimum atomic E-state index is -0.134. The molecule has 0 saturated carbocycles. The van der Waals surface area contributed by atoms with Crippen LogP contribution in [0.5, 0.6) is 0 Å². The van der Waals surface area contributed by atoms with Gasteiger partial charge in [0.15, 0.2) is 5.13 Å². The van der Waals surface area contributed by atoms with Crippen LogP contribution in [0.15, 0.2) is 29.6 Å². The second kappa shape index (κ2) is 10.2. The summed E-state index contributed by atoms with van der Waals surface area (Å²) in [4.78, 5) is 18.9. The van der Waals surface area contributed by atoms with E-state index in [-0.39, 0.29) is 5.97 Å². The Kier molecular flexibility index (Phi) is 7.40. The summed E-state index contributed by atoms with van der Waals surface area (Å²) in [5.74, 6) is -0.134. The van der Waals surface area contributed by atoms with Crippen molar-refractivity contribution < 1.29 is 9.53 Å². The van der Waals surface area contributed by atoms with Gasteiger partial charge in [-0.3, -0.25) is 4.79 Å². The molecule has 0 atom stereocenters. The molecule has 7 heteroatoms. The first kappa shape index (κ1) is 20.3. The Bertz CT molecular complexity index is 807. The molecule has 0 radical (unpaired) electrons. The van der Waals surface area contributed by atoms with E-state index in [1.807, 2.05) is 31.2 Å². The third-order valence-corrected chi connectivity index (χ3v) is 5.76. The Morgan fingerprint density at radius 3 is 2.79 bits per heavy atom. The first-order valence-electron chi connectivity index (χ1n) is 9.80. The Morgan fingerprint density at radius 2 is 2.11 bits per heavy atom. The van der Waals surface area contributed by atoms with Crippen molar-refractivity contribution in [3.63, 3.8) is 0 Å². The van der Waals surface area contributed by atoms with Crippen LogP contribution < -0.4 is 10.2 Å². The largest absolute Gasteiger partial charge is 0.466 e. The summed E-state index contributed by atoms with van der Waals surface area (Å²) in [6, 6.07) is 10.1. The van der Waals surface area contributed by atoms with E-state index in [0.717, 1.165) is 55.3 Å². The minimum absolute atomic E-state index is 0.134. The molecule has 0 amide bonds. The van der Waals surface area contributed by atoms with Gasteiger partial charge in [-0.05, 0) is 51.4 Å². The molecule has 3 rings (SSSR count). The van der Waals surface area contributed by atoms with Crippen molar-refractivity contribution in [2.24, 2.45) is 0 Å². The third-order valence-electron chi connectivity index (χ3n) is 4.88. The molecule has 2 heterocycles. The van der Waals surface area contributed by atoms with Crippen molar-refractivity contribution in [1.29, 1.82) is 5.26 Å². The van der Waals surface area contributed by atoms with Crippen molar-refractivity contribution >= 4 is 22.4 Å². The summed E-state index contributed by atoms with van der Waals surface area (Å²) >= 11 is 1.64. The van der Waals surface area contributed by atoms with Gasteiger partial charge in [0.25, 0.3) is 0 Å². The lowest BCUT2D eigenvalue weighted by Gasteiger charge is -2.34. The number of carbonyl (C=O) groups is 1. The summed E-state index contributed by atoms with van der Waals surface area (Å²) in [5, 5.41) is 15.4. The number of hydrogen-bond donors (Lipinski definition) is 1. The topological polar surface area (TPSA) is 78.2 Å². The van der Waals surface area contributed by atoms with E-state index in [1.54, 1.807) is 11.3 Å². The van der Waals surface area contributed by atoms with E-state index in [1.165, 1.54) is 0 Å². The Hall–Kier alpha value is -2.43. The van der Waals surface area contributed by atoms with Gasteiger partial charge in [-0.2, -0.15) is 5.26 Å². The smallest absolute Gasteiger partial charge is 0.305 e. The maximum Gasteiger partial charge on any atom is 0.305 e. The number of anilines is 1. The predicted molar refractivity (Wildman–Crippen MR) is 111 cm³/mol. The van der Waals surface area contributed by atoms with E-state index >= 15 is 0 Å². The van der Waals surface area contributed by atoms with E-state index in [4.69, 9.17) is 15.0 Å². The number of nitrogens with zero attached hydrogens (tertiary/aromatic N) is 3. The molecule has 1 saturated heterocycles. The number of benzene rings is 1. The number of carbonyl (C=O) groups excluding carboxylic acids is 1. The summed E-state index contributed by atoms with van der Waals surface area (Å²) in [5.41, 5.74) is 2.58. The second-order valence-electron chi connectivity index (χ2n) is 6.79. The highest BCUT2D eigenvalue weighted by Gasteiger charge is 2.24. The van der Waals surface area contributed by atoms with Crippen molar-refractivity contribution in [2.45, 2.75) is 38.6 Å². The van der Waals surface area contributed by atoms with Gasteiger partial charge in [0.1, 0.15) is 0 Å². The van der Waals surface area contributed by atoms with Gasteiger partial charge < -0.3 is 15.0 Å².